The Labute approximate surface area is 160 Å². The largest absolute Gasteiger partial charge is 0.378 e. The van der Waals surface area contributed by atoms with Gasteiger partial charge in [0.1, 0.15) is 0 Å². The molecule has 0 spiro atoms. The van der Waals surface area contributed by atoms with Gasteiger partial charge in [-0.05, 0) is 49.8 Å². The van der Waals surface area contributed by atoms with E-state index in [-0.39, 0.29) is 17.3 Å². The van der Waals surface area contributed by atoms with Gasteiger partial charge in [0.25, 0.3) is 0 Å². The second kappa shape index (κ2) is 10.3. The maximum atomic E-state index is 12.5. The maximum Gasteiger partial charge on any atom is 0.243 e. The lowest BCUT2D eigenvalue weighted by molar-refractivity contribution is -0.121. The monoisotopic (exact) mass is 400 g/mol. The summed E-state index contributed by atoms with van der Waals surface area (Å²) in [4.78, 5) is 13.2. The molecule has 1 saturated carbocycles. The third kappa shape index (κ3) is 6.26. The van der Waals surface area contributed by atoms with Crippen LogP contribution in [0, 0.1) is 0 Å². The lowest BCUT2D eigenvalue weighted by Gasteiger charge is -2.17. The molecule has 0 atom stereocenters. The quantitative estimate of drug-likeness (QED) is 0.482. The first kappa shape index (κ1) is 21.2. The lowest BCUT2D eigenvalue weighted by Crippen LogP contribution is -2.38. The van der Waals surface area contributed by atoms with Crippen molar-refractivity contribution in [3.63, 3.8) is 0 Å². The number of hydrogen-bond acceptors (Lipinski definition) is 5. The van der Waals surface area contributed by atoms with E-state index in [4.69, 9.17) is 4.74 Å². The molecule has 1 N–H and O–H groups in total. The summed E-state index contributed by atoms with van der Waals surface area (Å²) in [5, 5.41) is 2.75. The molecule has 2 rings (SSSR count). The van der Waals surface area contributed by atoms with Crippen molar-refractivity contribution in [3.8, 4) is 0 Å². The molecule has 1 aliphatic carbocycles. The summed E-state index contributed by atoms with van der Waals surface area (Å²) in [6.07, 6.45) is 7.78. The Morgan fingerprint density at radius 2 is 1.92 bits per heavy atom. The number of nitrogens with zero attached hydrogens (tertiary/aromatic N) is 1. The number of rotatable bonds is 10. The first-order valence-corrected chi connectivity index (χ1v) is 11.6. The Morgan fingerprint density at radius 3 is 2.54 bits per heavy atom. The topological polar surface area (TPSA) is 75.7 Å². The van der Waals surface area contributed by atoms with Crippen molar-refractivity contribution in [1.29, 1.82) is 0 Å². The first-order chi connectivity index (χ1) is 12.4. The van der Waals surface area contributed by atoms with Crippen molar-refractivity contribution < 1.29 is 17.9 Å². The van der Waals surface area contributed by atoms with Gasteiger partial charge in [-0.25, -0.2) is 8.42 Å². The minimum atomic E-state index is -3.67. The molecule has 1 amide bonds. The smallest absolute Gasteiger partial charge is 0.243 e. The average Bonchev–Trinajstić information content (AvgIpc) is 3.14. The number of likely N-dealkylation sites (N-methyl/N-ethyl adjacent to an activating group) is 1. The van der Waals surface area contributed by atoms with Gasteiger partial charge >= 0.3 is 0 Å². The summed E-state index contributed by atoms with van der Waals surface area (Å²) in [6, 6.07) is 6.65. The molecule has 1 aromatic rings. The Hall–Kier alpha value is -1.09. The van der Waals surface area contributed by atoms with E-state index in [0.29, 0.717) is 19.3 Å². The number of thioether (sulfide) groups is 1. The number of ether oxygens (including phenoxy) is 1. The van der Waals surface area contributed by atoms with E-state index in [1.54, 1.807) is 36.0 Å². The SMILES string of the molecule is CSc1ccc(S(=O)(=O)N(C)CC(=O)NCCCOC2CCCC2)cc1. The van der Waals surface area contributed by atoms with Crippen molar-refractivity contribution in [2.75, 3.05) is 33.0 Å². The van der Waals surface area contributed by atoms with Crippen molar-refractivity contribution >= 4 is 27.7 Å². The molecule has 0 bridgehead atoms. The van der Waals surface area contributed by atoms with E-state index in [0.717, 1.165) is 28.5 Å². The Morgan fingerprint density at radius 1 is 1.27 bits per heavy atom. The molecular formula is C18H28N2O4S2. The van der Waals surface area contributed by atoms with Crippen LogP contribution in [0.4, 0.5) is 0 Å². The molecule has 1 fully saturated rings. The number of carbonyl (C=O) groups excluding carboxylic acids is 1. The molecule has 146 valence electrons. The van der Waals surface area contributed by atoms with E-state index >= 15 is 0 Å². The molecule has 0 saturated heterocycles. The summed E-state index contributed by atoms with van der Waals surface area (Å²) in [5.74, 6) is -0.308. The molecule has 26 heavy (non-hydrogen) atoms. The second-order valence-electron chi connectivity index (χ2n) is 6.42. The van der Waals surface area contributed by atoms with Crippen LogP contribution in [0.3, 0.4) is 0 Å². The predicted molar refractivity (Wildman–Crippen MR) is 104 cm³/mol. The highest BCUT2D eigenvalue weighted by Crippen LogP contribution is 2.21. The number of sulfonamides is 1. The number of carbonyl (C=O) groups is 1. The zero-order valence-electron chi connectivity index (χ0n) is 15.4. The number of hydrogen-bond donors (Lipinski definition) is 1. The van der Waals surface area contributed by atoms with Gasteiger partial charge in [0, 0.05) is 25.1 Å². The van der Waals surface area contributed by atoms with Gasteiger partial charge in [-0.15, -0.1) is 11.8 Å². The zero-order valence-corrected chi connectivity index (χ0v) is 17.1. The molecular weight excluding hydrogens is 372 g/mol. The molecule has 0 heterocycles. The van der Waals surface area contributed by atoms with Crippen molar-refractivity contribution in [1.82, 2.24) is 9.62 Å². The van der Waals surface area contributed by atoms with E-state index in [1.165, 1.54) is 19.9 Å². The van der Waals surface area contributed by atoms with Gasteiger partial charge in [0.2, 0.25) is 15.9 Å². The van der Waals surface area contributed by atoms with Crippen molar-refractivity contribution in [2.45, 2.75) is 48.0 Å². The summed E-state index contributed by atoms with van der Waals surface area (Å²) < 4.78 is 31.8. The van der Waals surface area contributed by atoms with Crippen LogP contribution in [0.2, 0.25) is 0 Å². The fourth-order valence-electron chi connectivity index (χ4n) is 2.88. The maximum absolute atomic E-state index is 12.5. The molecule has 0 radical (unpaired) electrons. The molecule has 8 heteroatoms. The highest BCUT2D eigenvalue weighted by molar-refractivity contribution is 7.98. The van der Waals surface area contributed by atoms with Crippen LogP contribution in [-0.2, 0) is 19.6 Å². The minimum absolute atomic E-state index is 0.190. The van der Waals surface area contributed by atoms with Gasteiger partial charge in [0.15, 0.2) is 0 Å². The van der Waals surface area contributed by atoms with Crippen LogP contribution in [0.1, 0.15) is 32.1 Å². The van der Waals surface area contributed by atoms with Crippen LogP contribution in [0.15, 0.2) is 34.1 Å². The standard InChI is InChI=1S/C18H28N2O4S2/c1-20(26(22,23)17-10-8-16(25-2)9-11-17)14-18(21)19-12-5-13-24-15-6-3-4-7-15/h8-11,15H,3-7,12-14H2,1-2H3,(H,19,21). The zero-order chi connectivity index (χ0) is 19.0. The molecule has 0 aliphatic heterocycles. The van der Waals surface area contributed by atoms with Gasteiger partial charge in [-0.3, -0.25) is 4.79 Å². The molecule has 6 nitrogen and oxygen atoms in total. The van der Waals surface area contributed by atoms with E-state index < -0.39 is 10.0 Å². The minimum Gasteiger partial charge on any atom is -0.378 e. The van der Waals surface area contributed by atoms with Crippen LogP contribution >= 0.6 is 11.8 Å². The van der Waals surface area contributed by atoms with E-state index in [9.17, 15) is 13.2 Å². The van der Waals surface area contributed by atoms with E-state index in [2.05, 4.69) is 5.32 Å². The summed E-state index contributed by atoms with van der Waals surface area (Å²) in [7, 11) is -2.25. The third-order valence-corrected chi connectivity index (χ3v) is 6.99. The first-order valence-electron chi connectivity index (χ1n) is 8.92. The van der Waals surface area contributed by atoms with Crippen molar-refractivity contribution in [3.05, 3.63) is 24.3 Å². The van der Waals surface area contributed by atoms with Crippen LogP contribution < -0.4 is 5.32 Å². The summed E-state index contributed by atoms with van der Waals surface area (Å²) in [6.45, 7) is 0.916. The molecule has 0 aromatic heterocycles. The third-order valence-electron chi connectivity index (χ3n) is 4.43. The van der Waals surface area contributed by atoms with Gasteiger partial charge in [0.05, 0.1) is 17.5 Å². The fraction of sp³-hybridized carbons (Fsp3) is 0.611. The van der Waals surface area contributed by atoms with Gasteiger partial charge in [-0.2, -0.15) is 4.31 Å². The fourth-order valence-corrected chi connectivity index (χ4v) is 4.41. The van der Waals surface area contributed by atoms with Gasteiger partial charge < -0.3 is 10.1 Å². The molecule has 1 aliphatic rings. The summed E-state index contributed by atoms with van der Waals surface area (Å²) in [5.41, 5.74) is 0. The Kier molecular flexibility index (Phi) is 8.40. The number of nitrogens with one attached hydrogen (secondary N) is 1. The molecule has 1 aromatic carbocycles. The second-order valence-corrected chi connectivity index (χ2v) is 9.34. The normalized spacial score (nSPS) is 15.5. The summed E-state index contributed by atoms with van der Waals surface area (Å²) >= 11 is 1.55. The Bertz CT molecular complexity index is 671. The highest BCUT2D eigenvalue weighted by Gasteiger charge is 2.22. The van der Waals surface area contributed by atoms with Crippen molar-refractivity contribution in [2.24, 2.45) is 0 Å². The predicted octanol–water partition coefficient (Wildman–Crippen LogP) is 2.49. The highest BCUT2D eigenvalue weighted by atomic mass is 32.2. The number of amides is 1. The van der Waals surface area contributed by atoms with Crippen LogP contribution in [0.5, 0.6) is 0 Å². The van der Waals surface area contributed by atoms with Crippen LogP contribution in [0.25, 0.3) is 0 Å². The Balaban J connectivity index is 1.72. The average molecular weight is 401 g/mol. The van der Waals surface area contributed by atoms with E-state index in [1.807, 2.05) is 6.26 Å². The van der Waals surface area contributed by atoms with Crippen LogP contribution in [-0.4, -0.2) is 57.7 Å². The van der Waals surface area contributed by atoms with Gasteiger partial charge in [-0.1, -0.05) is 12.8 Å². The lowest BCUT2D eigenvalue weighted by atomic mass is 10.3. The number of benzene rings is 1. The molecule has 0 unspecified atom stereocenters.